The van der Waals surface area contributed by atoms with Crippen LogP contribution in [0, 0.1) is 0 Å². The standard InChI is InChI=1S/C10H25NSi/c1-5-6-7-10(11)8-9-12(2,3)4/h10H,5-9,11H2,1-4H3. The van der Waals surface area contributed by atoms with E-state index in [1.807, 2.05) is 0 Å². The summed E-state index contributed by atoms with van der Waals surface area (Å²) in [5, 5.41) is 0. The summed E-state index contributed by atoms with van der Waals surface area (Å²) in [7, 11) is -0.839. The molecule has 1 nitrogen and oxygen atoms in total. The molecule has 0 aromatic rings. The highest BCUT2D eigenvalue weighted by molar-refractivity contribution is 6.76. The van der Waals surface area contributed by atoms with Crippen molar-refractivity contribution in [1.29, 1.82) is 0 Å². The van der Waals surface area contributed by atoms with Gasteiger partial charge in [0.25, 0.3) is 0 Å². The van der Waals surface area contributed by atoms with Crippen LogP contribution in [0.25, 0.3) is 0 Å². The van der Waals surface area contributed by atoms with Gasteiger partial charge in [-0.15, -0.1) is 0 Å². The molecule has 0 aliphatic rings. The molecular weight excluding hydrogens is 162 g/mol. The molecule has 1 atom stereocenters. The molecule has 0 aliphatic carbocycles. The van der Waals surface area contributed by atoms with E-state index in [1.165, 1.54) is 31.7 Å². The highest BCUT2D eigenvalue weighted by Crippen LogP contribution is 2.14. The lowest BCUT2D eigenvalue weighted by Crippen LogP contribution is -2.26. The minimum absolute atomic E-state index is 0.469. The number of nitrogens with two attached hydrogens (primary N) is 1. The van der Waals surface area contributed by atoms with Crippen LogP contribution in [0.15, 0.2) is 0 Å². The van der Waals surface area contributed by atoms with Crippen molar-refractivity contribution >= 4 is 8.07 Å². The number of hydrogen-bond donors (Lipinski definition) is 1. The smallest absolute Gasteiger partial charge is 0.0443 e. The van der Waals surface area contributed by atoms with Crippen LogP contribution in [-0.2, 0) is 0 Å². The average Bonchev–Trinajstić information content (AvgIpc) is 1.95. The Balaban J connectivity index is 3.37. The van der Waals surface area contributed by atoms with Crippen molar-refractivity contribution in [3.05, 3.63) is 0 Å². The first-order chi connectivity index (χ1) is 5.45. The molecule has 0 fully saturated rings. The largest absolute Gasteiger partial charge is 0.328 e. The second-order valence-electron chi connectivity index (χ2n) is 5.00. The maximum Gasteiger partial charge on any atom is 0.0443 e. The number of rotatable bonds is 6. The van der Waals surface area contributed by atoms with Gasteiger partial charge in [0.1, 0.15) is 0 Å². The van der Waals surface area contributed by atoms with Crippen molar-refractivity contribution in [2.24, 2.45) is 5.73 Å². The summed E-state index contributed by atoms with van der Waals surface area (Å²) >= 11 is 0. The van der Waals surface area contributed by atoms with Gasteiger partial charge in [-0.3, -0.25) is 0 Å². The van der Waals surface area contributed by atoms with E-state index < -0.39 is 8.07 Å². The van der Waals surface area contributed by atoms with E-state index >= 15 is 0 Å². The summed E-state index contributed by atoms with van der Waals surface area (Å²) < 4.78 is 0. The molecule has 1 unspecified atom stereocenters. The molecule has 0 aliphatic heterocycles. The fourth-order valence-electron chi connectivity index (χ4n) is 1.23. The summed E-state index contributed by atoms with van der Waals surface area (Å²) in [6.45, 7) is 9.48. The molecule has 12 heavy (non-hydrogen) atoms. The Labute approximate surface area is 78.7 Å². The molecule has 0 rings (SSSR count). The first kappa shape index (κ1) is 12.2. The molecule has 0 bridgehead atoms. The van der Waals surface area contributed by atoms with Crippen molar-refractivity contribution in [3.8, 4) is 0 Å². The van der Waals surface area contributed by atoms with Gasteiger partial charge in [-0.2, -0.15) is 0 Å². The first-order valence-electron chi connectivity index (χ1n) is 5.21. The molecule has 0 saturated carbocycles. The number of unbranched alkanes of at least 4 members (excludes halogenated alkanes) is 1. The zero-order valence-corrected chi connectivity index (χ0v) is 10.2. The highest BCUT2D eigenvalue weighted by Gasteiger charge is 2.14. The lowest BCUT2D eigenvalue weighted by atomic mass is 10.1. The quantitative estimate of drug-likeness (QED) is 0.635. The second kappa shape index (κ2) is 5.76. The Morgan fingerprint density at radius 2 is 1.75 bits per heavy atom. The first-order valence-corrected chi connectivity index (χ1v) is 8.92. The third-order valence-corrected chi connectivity index (χ3v) is 3.98. The van der Waals surface area contributed by atoms with Crippen LogP contribution in [0.2, 0.25) is 25.7 Å². The lowest BCUT2D eigenvalue weighted by molar-refractivity contribution is 0.560. The Kier molecular flexibility index (Phi) is 5.84. The molecule has 0 spiro atoms. The molecule has 0 heterocycles. The van der Waals surface area contributed by atoms with E-state index in [0.717, 1.165) is 0 Å². The molecule has 0 saturated heterocycles. The van der Waals surface area contributed by atoms with Gasteiger partial charge >= 0.3 is 0 Å². The summed E-state index contributed by atoms with van der Waals surface area (Å²) in [5.74, 6) is 0. The van der Waals surface area contributed by atoms with Crippen molar-refractivity contribution in [2.45, 2.75) is 64.3 Å². The van der Waals surface area contributed by atoms with Crippen LogP contribution < -0.4 is 5.73 Å². The van der Waals surface area contributed by atoms with Crippen molar-refractivity contribution in [3.63, 3.8) is 0 Å². The maximum absolute atomic E-state index is 5.99. The fraction of sp³-hybridized carbons (Fsp3) is 1.00. The summed E-state index contributed by atoms with van der Waals surface area (Å²) in [4.78, 5) is 0. The maximum atomic E-state index is 5.99. The predicted molar refractivity (Wildman–Crippen MR) is 60.3 cm³/mol. The molecular formula is C10H25NSi. The fourth-order valence-corrected chi connectivity index (χ4v) is 2.47. The Morgan fingerprint density at radius 3 is 2.17 bits per heavy atom. The average molecular weight is 187 g/mol. The van der Waals surface area contributed by atoms with Gasteiger partial charge in [0.2, 0.25) is 0 Å². The van der Waals surface area contributed by atoms with Gasteiger partial charge in [-0.05, 0) is 12.8 Å². The SMILES string of the molecule is CCCCC(N)CC[Si](C)(C)C. The van der Waals surface area contributed by atoms with E-state index in [0.29, 0.717) is 6.04 Å². The van der Waals surface area contributed by atoms with Crippen LogP contribution >= 0.6 is 0 Å². The minimum Gasteiger partial charge on any atom is -0.328 e. The van der Waals surface area contributed by atoms with Gasteiger partial charge in [-0.25, -0.2) is 0 Å². The zero-order valence-electron chi connectivity index (χ0n) is 9.19. The van der Waals surface area contributed by atoms with Crippen molar-refractivity contribution < 1.29 is 0 Å². The Hall–Kier alpha value is 0.177. The highest BCUT2D eigenvalue weighted by atomic mass is 28.3. The monoisotopic (exact) mass is 187 g/mol. The minimum atomic E-state index is -0.839. The molecule has 0 aromatic carbocycles. The van der Waals surface area contributed by atoms with Crippen molar-refractivity contribution in [2.75, 3.05) is 0 Å². The van der Waals surface area contributed by atoms with E-state index in [4.69, 9.17) is 5.73 Å². The molecule has 74 valence electrons. The normalized spacial score (nSPS) is 14.8. The molecule has 2 N–H and O–H groups in total. The van der Waals surface area contributed by atoms with Gasteiger partial charge in [0, 0.05) is 14.1 Å². The topological polar surface area (TPSA) is 26.0 Å². The third-order valence-electron chi connectivity index (χ3n) is 2.19. The lowest BCUT2D eigenvalue weighted by Gasteiger charge is -2.18. The predicted octanol–water partition coefficient (Wildman–Crippen LogP) is 3.23. The zero-order chi connectivity index (χ0) is 9.61. The molecule has 0 radical (unpaired) electrons. The van der Waals surface area contributed by atoms with Crippen LogP contribution in [0.3, 0.4) is 0 Å². The summed E-state index contributed by atoms with van der Waals surface area (Å²) in [6, 6.07) is 1.86. The van der Waals surface area contributed by atoms with Gasteiger partial charge < -0.3 is 5.73 Å². The van der Waals surface area contributed by atoms with Crippen LogP contribution in [0.4, 0.5) is 0 Å². The van der Waals surface area contributed by atoms with E-state index in [9.17, 15) is 0 Å². The Bertz CT molecular complexity index is 107. The molecule has 2 heteroatoms. The van der Waals surface area contributed by atoms with Gasteiger partial charge in [0.05, 0.1) is 0 Å². The third kappa shape index (κ3) is 8.28. The van der Waals surface area contributed by atoms with Crippen molar-refractivity contribution in [1.82, 2.24) is 0 Å². The Morgan fingerprint density at radius 1 is 1.17 bits per heavy atom. The van der Waals surface area contributed by atoms with Gasteiger partial charge in [-0.1, -0.05) is 45.5 Å². The van der Waals surface area contributed by atoms with Crippen LogP contribution in [0.5, 0.6) is 0 Å². The van der Waals surface area contributed by atoms with E-state index in [1.54, 1.807) is 0 Å². The molecule has 0 aromatic heterocycles. The van der Waals surface area contributed by atoms with E-state index in [2.05, 4.69) is 26.6 Å². The summed E-state index contributed by atoms with van der Waals surface area (Å²) in [5.41, 5.74) is 5.99. The van der Waals surface area contributed by atoms with Crippen LogP contribution in [0.1, 0.15) is 32.6 Å². The van der Waals surface area contributed by atoms with Crippen LogP contribution in [-0.4, -0.2) is 14.1 Å². The molecule has 0 amide bonds. The number of hydrogen-bond acceptors (Lipinski definition) is 1. The van der Waals surface area contributed by atoms with Gasteiger partial charge in [0.15, 0.2) is 0 Å². The second-order valence-corrected chi connectivity index (χ2v) is 10.6. The van der Waals surface area contributed by atoms with E-state index in [-0.39, 0.29) is 0 Å². The summed E-state index contributed by atoms with van der Waals surface area (Å²) in [6.07, 6.45) is 5.05.